The van der Waals surface area contributed by atoms with Crippen molar-refractivity contribution in [1.82, 2.24) is 4.31 Å². The van der Waals surface area contributed by atoms with E-state index in [9.17, 15) is 8.42 Å². The fourth-order valence-corrected chi connectivity index (χ4v) is 5.10. The minimum atomic E-state index is -3.58. The highest BCUT2D eigenvalue weighted by Gasteiger charge is 2.39. The maximum atomic E-state index is 13.2. The number of aryl methyl sites for hydroxylation is 1. The van der Waals surface area contributed by atoms with E-state index in [0.717, 1.165) is 24.0 Å². The number of sulfonamides is 1. The maximum Gasteiger partial charge on any atom is 0.247 e. The molecule has 1 fully saturated rings. The lowest BCUT2D eigenvalue weighted by Gasteiger charge is -2.23. The number of rotatable bonds is 7. The van der Waals surface area contributed by atoms with Crippen molar-refractivity contribution in [3.05, 3.63) is 46.2 Å². The lowest BCUT2D eigenvalue weighted by Crippen LogP contribution is -2.33. The Labute approximate surface area is 141 Å². The average molecular weight is 351 g/mol. The van der Waals surface area contributed by atoms with Crippen LogP contribution >= 0.6 is 11.3 Å². The second kappa shape index (κ2) is 6.63. The standard InChI is InChI=1S/C17H21NO3S2/c1-3-21-16-7-4-13(2)10-17(16)23(19,20)18(15-5-6-15)11-14-8-9-22-12-14/h4,7-10,12,15H,3,5-6,11H2,1-2H3. The van der Waals surface area contributed by atoms with Gasteiger partial charge in [-0.05, 0) is 66.8 Å². The third-order valence-electron chi connectivity index (χ3n) is 3.86. The predicted octanol–water partition coefficient (Wildman–Crippen LogP) is 3.81. The Hall–Kier alpha value is -1.37. The van der Waals surface area contributed by atoms with Gasteiger partial charge in [0, 0.05) is 12.6 Å². The number of ether oxygens (including phenoxy) is 1. The number of thiophene rings is 1. The number of benzene rings is 1. The monoisotopic (exact) mass is 351 g/mol. The smallest absolute Gasteiger partial charge is 0.247 e. The second-order valence-electron chi connectivity index (χ2n) is 5.80. The summed E-state index contributed by atoms with van der Waals surface area (Å²) < 4.78 is 33.7. The van der Waals surface area contributed by atoms with Crippen molar-refractivity contribution >= 4 is 21.4 Å². The molecule has 1 aliphatic rings. The van der Waals surface area contributed by atoms with Crippen LogP contribution in [0.4, 0.5) is 0 Å². The van der Waals surface area contributed by atoms with Crippen LogP contribution in [0.25, 0.3) is 0 Å². The molecule has 1 heterocycles. The van der Waals surface area contributed by atoms with Crippen molar-refractivity contribution in [3.63, 3.8) is 0 Å². The molecule has 0 atom stereocenters. The van der Waals surface area contributed by atoms with Crippen LogP contribution in [0, 0.1) is 6.92 Å². The average Bonchev–Trinajstić information content (AvgIpc) is 3.22. The fraction of sp³-hybridized carbons (Fsp3) is 0.412. The van der Waals surface area contributed by atoms with Crippen LogP contribution in [0.15, 0.2) is 39.9 Å². The Bertz CT molecular complexity index is 765. The number of nitrogens with zero attached hydrogens (tertiary/aromatic N) is 1. The highest BCUT2D eigenvalue weighted by molar-refractivity contribution is 7.89. The normalized spacial score (nSPS) is 15.1. The van der Waals surface area contributed by atoms with Gasteiger partial charge in [0.25, 0.3) is 0 Å². The number of hydrogen-bond acceptors (Lipinski definition) is 4. The summed E-state index contributed by atoms with van der Waals surface area (Å²) in [6, 6.07) is 7.43. The molecule has 23 heavy (non-hydrogen) atoms. The van der Waals surface area contributed by atoms with Crippen molar-refractivity contribution in [3.8, 4) is 5.75 Å². The first-order chi connectivity index (χ1) is 11.0. The molecular weight excluding hydrogens is 330 g/mol. The van der Waals surface area contributed by atoms with Crippen LogP contribution in [0.2, 0.25) is 0 Å². The van der Waals surface area contributed by atoms with Crippen LogP contribution in [0.5, 0.6) is 5.75 Å². The van der Waals surface area contributed by atoms with Crippen molar-refractivity contribution < 1.29 is 13.2 Å². The van der Waals surface area contributed by atoms with Crippen LogP contribution in [-0.2, 0) is 16.6 Å². The summed E-state index contributed by atoms with van der Waals surface area (Å²) in [6.07, 6.45) is 1.86. The zero-order chi connectivity index (χ0) is 16.4. The summed E-state index contributed by atoms with van der Waals surface area (Å²) in [6.45, 7) is 4.63. The summed E-state index contributed by atoms with van der Waals surface area (Å²) in [4.78, 5) is 0.279. The van der Waals surface area contributed by atoms with Crippen molar-refractivity contribution in [1.29, 1.82) is 0 Å². The van der Waals surface area contributed by atoms with Crippen LogP contribution in [0.1, 0.15) is 30.9 Å². The molecule has 0 radical (unpaired) electrons. The lowest BCUT2D eigenvalue weighted by molar-refractivity contribution is 0.327. The molecule has 0 unspecified atom stereocenters. The molecule has 1 aromatic heterocycles. The quantitative estimate of drug-likeness (QED) is 0.762. The first kappa shape index (κ1) is 16.5. The Morgan fingerprint density at radius 2 is 2.09 bits per heavy atom. The Morgan fingerprint density at radius 1 is 1.30 bits per heavy atom. The Morgan fingerprint density at radius 3 is 2.70 bits per heavy atom. The van der Waals surface area contributed by atoms with E-state index >= 15 is 0 Å². The second-order valence-corrected chi connectivity index (χ2v) is 8.44. The lowest BCUT2D eigenvalue weighted by atomic mass is 10.2. The Kier molecular flexibility index (Phi) is 4.75. The summed E-state index contributed by atoms with van der Waals surface area (Å²) >= 11 is 1.59. The van der Waals surface area contributed by atoms with Crippen molar-refractivity contribution in [2.45, 2.75) is 44.2 Å². The van der Waals surface area contributed by atoms with Crippen LogP contribution in [0.3, 0.4) is 0 Å². The Balaban J connectivity index is 1.99. The van der Waals surface area contributed by atoms with Gasteiger partial charge in [0.2, 0.25) is 10.0 Å². The SMILES string of the molecule is CCOc1ccc(C)cc1S(=O)(=O)N(Cc1ccsc1)C1CC1. The van der Waals surface area contributed by atoms with Crippen LogP contribution < -0.4 is 4.74 Å². The highest BCUT2D eigenvalue weighted by atomic mass is 32.2. The fourth-order valence-electron chi connectivity index (χ4n) is 2.55. The zero-order valence-corrected chi connectivity index (χ0v) is 15.0. The first-order valence-corrected chi connectivity index (χ1v) is 10.2. The van der Waals surface area contributed by atoms with Gasteiger partial charge in [-0.1, -0.05) is 6.07 Å². The van der Waals surface area contributed by atoms with Gasteiger partial charge >= 0.3 is 0 Å². The topological polar surface area (TPSA) is 46.6 Å². The van der Waals surface area contributed by atoms with E-state index in [1.54, 1.807) is 27.8 Å². The van der Waals surface area contributed by atoms with Gasteiger partial charge in [-0.2, -0.15) is 15.6 Å². The van der Waals surface area contributed by atoms with E-state index in [1.165, 1.54) is 0 Å². The van der Waals surface area contributed by atoms with E-state index in [1.807, 2.05) is 36.7 Å². The van der Waals surface area contributed by atoms with E-state index < -0.39 is 10.0 Å². The van der Waals surface area contributed by atoms with Gasteiger partial charge in [-0.15, -0.1) is 0 Å². The molecule has 0 aliphatic heterocycles. The van der Waals surface area contributed by atoms with Crippen LogP contribution in [-0.4, -0.2) is 25.4 Å². The van der Waals surface area contributed by atoms with E-state index in [2.05, 4.69) is 0 Å². The molecular formula is C17H21NO3S2. The molecule has 3 rings (SSSR count). The van der Waals surface area contributed by atoms with Gasteiger partial charge < -0.3 is 4.74 Å². The largest absolute Gasteiger partial charge is 0.492 e. The molecule has 1 aromatic carbocycles. The maximum absolute atomic E-state index is 13.2. The summed E-state index contributed by atoms with van der Waals surface area (Å²) in [7, 11) is -3.58. The third-order valence-corrected chi connectivity index (χ3v) is 6.51. The van der Waals surface area contributed by atoms with Gasteiger partial charge in [-0.3, -0.25) is 0 Å². The summed E-state index contributed by atoms with van der Waals surface area (Å²) in [5, 5.41) is 3.98. The molecule has 4 nitrogen and oxygen atoms in total. The molecule has 0 bridgehead atoms. The van der Waals surface area contributed by atoms with Gasteiger partial charge in [0.1, 0.15) is 10.6 Å². The highest BCUT2D eigenvalue weighted by Crippen LogP contribution is 2.36. The predicted molar refractivity (Wildman–Crippen MR) is 92.4 cm³/mol. The van der Waals surface area contributed by atoms with E-state index in [0.29, 0.717) is 18.9 Å². The molecule has 0 N–H and O–H groups in total. The zero-order valence-electron chi connectivity index (χ0n) is 13.4. The summed E-state index contributed by atoms with van der Waals surface area (Å²) in [5.41, 5.74) is 1.95. The molecule has 0 saturated heterocycles. The molecule has 1 aliphatic carbocycles. The van der Waals surface area contributed by atoms with Crippen molar-refractivity contribution in [2.75, 3.05) is 6.61 Å². The van der Waals surface area contributed by atoms with E-state index in [4.69, 9.17) is 4.74 Å². The number of hydrogen-bond donors (Lipinski definition) is 0. The molecule has 124 valence electrons. The molecule has 0 spiro atoms. The molecule has 6 heteroatoms. The molecule has 0 amide bonds. The molecule has 1 saturated carbocycles. The van der Waals surface area contributed by atoms with E-state index in [-0.39, 0.29) is 10.9 Å². The minimum Gasteiger partial charge on any atom is -0.492 e. The molecule has 2 aromatic rings. The first-order valence-electron chi connectivity index (χ1n) is 7.78. The van der Waals surface area contributed by atoms with Gasteiger partial charge in [0.05, 0.1) is 6.61 Å². The van der Waals surface area contributed by atoms with Gasteiger partial charge in [0.15, 0.2) is 0 Å². The third kappa shape index (κ3) is 3.59. The van der Waals surface area contributed by atoms with Gasteiger partial charge in [-0.25, -0.2) is 8.42 Å². The van der Waals surface area contributed by atoms with Crippen molar-refractivity contribution in [2.24, 2.45) is 0 Å². The minimum absolute atomic E-state index is 0.106. The summed E-state index contributed by atoms with van der Waals surface area (Å²) in [5.74, 6) is 0.439.